The molecule has 0 radical (unpaired) electrons. The fraction of sp³-hybridized carbons (Fsp3) is 0.263. The molecular weight excluding hydrogens is 450 g/mol. The fourth-order valence-electron chi connectivity index (χ4n) is 2.77. The molecule has 31 heavy (non-hydrogen) atoms. The maximum Gasteiger partial charge on any atom is 1.00 e. The molecule has 3 rings (SSSR count). The van der Waals surface area contributed by atoms with E-state index in [2.05, 4.69) is 0 Å². The van der Waals surface area contributed by atoms with Crippen molar-refractivity contribution in [3.05, 3.63) is 53.6 Å². The van der Waals surface area contributed by atoms with Gasteiger partial charge in [-0.2, -0.15) is 8.42 Å². The van der Waals surface area contributed by atoms with Crippen molar-refractivity contribution in [3.63, 3.8) is 0 Å². The zero-order chi connectivity index (χ0) is 21.4. The Balaban J connectivity index is 0.00000240. The maximum absolute atomic E-state index is 12.4. The monoisotopic (exact) mass is 466 g/mol. The summed E-state index contributed by atoms with van der Waals surface area (Å²) in [6.45, 7) is 3.37. The summed E-state index contributed by atoms with van der Waals surface area (Å²) >= 11 is 0. The molecular formula is C19H16Na2O9S. The van der Waals surface area contributed by atoms with Crippen LogP contribution < -0.4 is 78.8 Å². The normalized spacial score (nSPS) is 14.6. The van der Waals surface area contributed by atoms with E-state index in [0.29, 0.717) is 5.56 Å². The summed E-state index contributed by atoms with van der Waals surface area (Å²) in [5, 5.41) is 22.3. The number of carbonyl (C=O) groups is 2. The molecule has 1 aliphatic rings. The van der Waals surface area contributed by atoms with Crippen LogP contribution in [0.15, 0.2) is 47.4 Å². The predicted molar refractivity (Wildman–Crippen MR) is 93.1 cm³/mol. The van der Waals surface area contributed by atoms with Crippen LogP contribution in [0.4, 0.5) is 0 Å². The topological polar surface area (TPSA) is 142 Å². The second-order valence-electron chi connectivity index (χ2n) is 6.55. The van der Waals surface area contributed by atoms with Crippen LogP contribution in [0.5, 0.6) is 11.5 Å². The summed E-state index contributed by atoms with van der Waals surface area (Å²) in [6.07, 6.45) is -0.653. The number of aryl methyl sites for hydroxylation is 1. The molecule has 0 fully saturated rings. The molecule has 0 aliphatic carbocycles. The van der Waals surface area contributed by atoms with E-state index >= 15 is 0 Å². The molecule has 2 aromatic rings. The molecule has 0 spiro atoms. The first-order chi connectivity index (χ1) is 13.5. The first kappa shape index (κ1) is 27.9. The standard InChI is InChI=1S/C19H18O9S.2Na/c1-11-3-6-14(7-4-11)29(24,25)28-12(2)9-13-5-8-15-16(10-13)27-19(26-15,17(20)21)18(22)23;;/h3-8,10,12H,9H2,1-2H3,(H,20,21)(H,22,23);;/q;2*+1/p-2/t12-;;/m0../s1. The van der Waals surface area contributed by atoms with Crippen LogP contribution in [-0.4, -0.2) is 32.2 Å². The minimum atomic E-state index is -3.98. The van der Waals surface area contributed by atoms with Crippen molar-refractivity contribution in [2.45, 2.75) is 37.1 Å². The van der Waals surface area contributed by atoms with Gasteiger partial charge in [0, 0.05) is 0 Å². The molecule has 1 aliphatic heterocycles. The average Bonchev–Trinajstić information content (AvgIpc) is 3.02. The Labute approximate surface area is 223 Å². The molecule has 1 heterocycles. The molecule has 0 aromatic heterocycles. The molecule has 0 unspecified atom stereocenters. The Hall–Kier alpha value is -1.11. The van der Waals surface area contributed by atoms with E-state index in [1.165, 1.54) is 30.3 Å². The molecule has 0 bridgehead atoms. The van der Waals surface area contributed by atoms with Gasteiger partial charge in [0.15, 0.2) is 11.5 Å². The van der Waals surface area contributed by atoms with E-state index in [4.69, 9.17) is 13.7 Å². The van der Waals surface area contributed by atoms with Crippen LogP contribution in [-0.2, 0) is 30.3 Å². The Morgan fingerprint density at radius 3 is 2.10 bits per heavy atom. The van der Waals surface area contributed by atoms with Gasteiger partial charge in [-0.1, -0.05) is 23.8 Å². The summed E-state index contributed by atoms with van der Waals surface area (Å²) in [7, 11) is -3.98. The zero-order valence-corrected chi connectivity index (χ0v) is 22.2. The van der Waals surface area contributed by atoms with Crippen molar-refractivity contribution in [3.8, 4) is 11.5 Å². The molecule has 2 aromatic carbocycles. The van der Waals surface area contributed by atoms with E-state index in [-0.39, 0.29) is 81.9 Å². The van der Waals surface area contributed by atoms with Crippen molar-refractivity contribution < 1.29 is 101 Å². The number of carboxylic acid groups (broad SMARTS) is 2. The van der Waals surface area contributed by atoms with Gasteiger partial charge >= 0.3 is 64.9 Å². The molecule has 12 heteroatoms. The first-order valence-corrected chi connectivity index (χ1v) is 9.88. The van der Waals surface area contributed by atoms with Crippen LogP contribution in [0.3, 0.4) is 0 Å². The van der Waals surface area contributed by atoms with Gasteiger partial charge in [0.1, 0.15) is 11.9 Å². The number of hydrogen-bond acceptors (Lipinski definition) is 9. The van der Waals surface area contributed by atoms with E-state index < -0.39 is 33.9 Å². The molecule has 1 atom stereocenters. The van der Waals surface area contributed by atoms with Crippen molar-refractivity contribution >= 4 is 22.1 Å². The Bertz CT molecular complexity index is 1050. The second kappa shape index (κ2) is 10.7. The molecule has 0 saturated heterocycles. The van der Waals surface area contributed by atoms with Gasteiger partial charge in [0.2, 0.25) is 0 Å². The first-order valence-electron chi connectivity index (χ1n) is 8.47. The van der Waals surface area contributed by atoms with Crippen LogP contribution >= 0.6 is 0 Å². The second-order valence-corrected chi connectivity index (χ2v) is 8.13. The molecule has 0 saturated carbocycles. The number of aliphatic carboxylic acids is 2. The molecule has 0 N–H and O–H groups in total. The van der Waals surface area contributed by atoms with Crippen LogP contribution in [0.1, 0.15) is 18.1 Å². The molecule has 0 amide bonds. The smallest absolute Gasteiger partial charge is 0.542 e. The van der Waals surface area contributed by atoms with Gasteiger partial charge in [-0.15, -0.1) is 0 Å². The number of carboxylic acids is 2. The van der Waals surface area contributed by atoms with Gasteiger partial charge in [0.25, 0.3) is 10.1 Å². The predicted octanol–water partition coefficient (Wildman–Crippen LogP) is -6.69. The third-order valence-corrected chi connectivity index (χ3v) is 5.61. The quantitative estimate of drug-likeness (QED) is 0.221. The van der Waals surface area contributed by atoms with Gasteiger partial charge in [-0.05, 0) is 50.1 Å². The molecule has 154 valence electrons. The van der Waals surface area contributed by atoms with Crippen molar-refractivity contribution in [2.75, 3.05) is 0 Å². The van der Waals surface area contributed by atoms with Crippen LogP contribution in [0, 0.1) is 6.92 Å². The van der Waals surface area contributed by atoms with E-state index in [1.54, 1.807) is 19.1 Å². The number of ether oxygens (including phenoxy) is 2. The number of hydrogen-bond donors (Lipinski definition) is 0. The van der Waals surface area contributed by atoms with Gasteiger partial charge in [-0.3, -0.25) is 4.18 Å². The minimum Gasteiger partial charge on any atom is -0.542 e. The zero-order valence-electron chi connectivity index (χ0n) is 17.4. The van der Waals surface area contributed by atoms with E-state index in [9.17, 15) is 28.2 Å². The summed E-state index contributed by atoms with van der Waals surface area (Å²) in [5.74, 6) is -7.57. The summed E-state index contributed by atoms with van der Waals surface area (Å²) < 4.78 is 39.7. The SMILES string of the molecule is Cc1ccc(S(=O)(=O)O[C@@H](C)Cc2ccc3c(c2)OC(C(=O)[O-])(C(=O)[O-])O3)cc1.[Na+].[Na+]. The summed E-state index contributed by atoms with van der Waals surface area (Å²) in [5.41, 5.74) is 1.41. The van der Waals surface area contributed by atoms with Crippen molar-refractivity contribution in [1.29, 1.82) is 0 Å². The number of rotatable bonds is 7. The van der Waals surface area contributed by atoms with E-state index in [0.717, 1.165) is 5.56 Å². The van der Waals surface area contributed by atoms with E-state index in [1.807, 2.05) is 6.92 Å². The fourth-order valence-corrected chi connectivity index (χ4v) is 3.85. The summed E-state index contributed by atoms with van der Waals surface area (Å²) in [4.78, 5) is 22.3. The van der Waals surface area contributed by atoms with Gasteiger partial charge in [-0.25, -0.2) is 0 Å². The molecule has 9 nitrogen and oxygen atoms in total. The summed E-state index contributed by atoms with van der Waals surface area (Å²) in [6, 6.07) is 10.3. The Morgan fingerprint density at radius 2 is 1.55 bits per heavy atom. The maximum atomic E-state index is 12.4. The number of fused-ring (bicyclic) bond motifs is 1. The van der Waals surface area contributed by atoms with Crippen molar-refractivity contribution in [2.24, 2.45) is 0 Å². The van der Waals surface area contributed by atoms with Crippen LogP contribution in [0.2, 0.25) is 0 Å². The Kier molecular flexibility index (Phi) is 9.61. The van der Waals surface area contributed by atoms with Gasteiger partial charge in [0.05, 0.1) is 11.0 Å². The van der Waals surface area contributed by atoms with Gasteiger partial charge < -0.3 is 29.3 Å². The Morgan fingerprint density at radius 1 is 1.00 bits per heavy atom. The van der Waals surface area contributed by atoms with Crippen molar-refractivity contribution in [1.82, 2.24) is 0 Å². The average molecular weight is 466 g/mol. The van der Waals surface area contributed by atoms with Crippen LogP contribution in [0.25, 0.3) is 0 Å². The largest absolute Gasteiger partial charge is 1.00 e. The third kappa shape index (κ3) is 6.02. The number of benzene rings is 2. The minimum absolute atomic E-state index is 0. The third-order valence-electron chi connectivity index (χ3n) is 4.18. The number of carbonyl (C=O) groups excluding carboxylic acids is 2.